The lowest BCUT2D eigenvalue weighted by Crippen LogP contribution is -2.27. The monoisotopic (exact) mass is 250 g/mol. The van der Waals surface area contributed by atoms with Crippen molar-refractivity contribution in [1.29, 1.82) is 0 Å². The topological polar surface area (TPSA) is 71.2 Å². The highest BCUT2D eigenvalue weighted by molar-refractivity contribution is 5.42. The fourth-order valence-electron chi connectivity index (χ4n) is 2.40. The largest absolute Gasteiger partial charge is 0.368 e. The Morgan fingerprint density at radius 3 is 2.28 bits per heavy atom. The lowest BCUT2D eigenvalue weighted by atomic mass is 10.1. The summed E-state index contributed by atoms with van der Waals surface area (Å²) in [6.45, 7) is 0.996. The molecule has 1 aliphatic carbocycles. The molecule has 0 unspecified atom stereocenters. The summed E-state index contributed by atoms with van der Waals surface area (Å²) in [4.78, 5) is 16.7. The molecule has 1 heterocycles. The van der Waals surface area contributed by atoms with Gasteiger partial charge in [-0.3, -0.25) is 0 Å². The van der Waals surface area contributed by atoms with Crippen LogP contribution < -0.4 is 15.5 Å². The number of nitrogen functional groups attached to an aromatic ring is 1. The van der Waals surface area contributed by atoms with E-state index >= 15 is 0 Å². The quantitative estimate of drug-likeness (QED) is 0.864. The predicted octanol–water partition coefficient (Wildman–Crippen LogP) is 1.15. The first-order valence-corrected chi connectivity index (χ1v) is 6.46. The van der Waals surface area contributed by atoms with Crippen molar-refractivity contribution in [3.63, 3.8) is 0 Å². The van der Waals surface area contributed by atoms with E-state index in [9.17, 15) is 0 Å². The molecule has 6 nitrogen and oxygen atoms in total. The molecule has 0 aromatic carbocycles. The standard InChI is InChI=1S/C12H22N6/c1-17(2)11-14-10(13)15-12(16-11)18(3)8-9-6-4-5-7-9/h9H,4-8H2,1-3H3,(H2,13,14,15,16). The highest BCUT2D eigenvalue weighted by atomic mass is 15.3. The minimum atomic E-state index is 0.280. The molecule has 0 saturated heterocycles. The van der Waals surface area contributed by atoms with E-state index in [2.05, 4.69) is 19.9 Å². The summed E-state index contributed by atoms with van der Waals surface area (Å²) in [5, 5.41) is 0. The second-order valence-electron chi connectivity index (χ2n) is 5.22. The van der Waals surface area contributed by atoms with Crippen LogP contribution in [0.5, 0.6) is 0 Å². The minimum absolute atomic E-state index is 0.280. The second kappa shape index (κ2) is 5.37. The van der Waals surface area contributed by atoms with Crippen LogP contribution >= 0.6 is 0 Å². The number of rotatable bonds is 4. The van der Waals surface area contributed by atoms with Gasteiger partial charge < -0.3 is 15.5 Å². The molecule has 0 bridgehead atoms. The molecule has 1 aliphatic rings. The maximum Gasteiger partial charge on any atom is 0.231 e. The number of nitrogens with two attached hydrogens (primary N) is 1. The van der Waals surface area contributed by atoms with Gasteiger partial charge in [0.25, 0.3) is 0 Å². The Bertz CT molecular complexity index is 400. The Morgan fingerprint density at radius 2 is 1.67 bits per heavy atom. The van der Waals surface area contributed by atoms with E-state index in [1.54, 1.807) is 0 Å². The van der Waals surface area contributed by atoms with E-state index in [0.717, 1.165) is 12.5 Å². The van der Waals surface area contributed by atoms with Crippen molar-refractivity contribution in [1.82, 2.24) is 15.0 Å². The van der Waals surface area contributed by atoms with Crippen LogP contribution in [0.3, 0.4) is 0 Å². The molecule has 2 N–H and O–H groups in total. The van der Waals surface area contributed by atoms with Gasteiger partial charge in [-0.05, 0) is 18.8 Å². The zero-order valence-corrected chi connectivity index (χ0v) is 11.4. The smallest absolute Gasteiger partial charge is 0.231 e. The van der Waals surface area contributed by atoms with Crippen molar-refractivity contribution in [2.24, 2.45) is 5.92 Å². The normalized spacial score (nSPS) is 15.9. The zero-order chi connectivity index (χ0) is 13.1. The van der Waals surface area contributed by atoms with Gasteiger partial charge in [0, 0.05) is 27.7 Å². The van der Waals surface area contributed by atoms with E-state index in [-0.39, 0.29) is 5.95 Å². The molecule has 2 rings (SSSR count). The fourth-order valence-corrected chi connectivity index (χ4v) is 2.40. The van der Waals surface area contributed by atoms with Gasteiger partial charge in [-0.25, -0.2) is 0 Å². The molecule has 0 radical (unpaired) electrons. The summed E-state index contributed by atoms with van der Waals surface area (Å²) in [6.07, 6.45) is 5.32. The molecule has 0 spiro atoms. The number of anilines is 3. The van der Waals surface area contributed by atoms with Crippen molar-refractivity contribution in [3.05, 3.63) is 0 Å². The van der Waals surface area contributed by atoms with Crippen molar-refractivity contribution in [2.75, 3.05) is 43.2 Å². The Labute approximate surface area is 108 Å². The molecule has 6 heteroatoms. The molecular formula is C12H22N6. The van der Waals surface area contributed by atoms with Crippen LogP contribution in [0, 0.1) is 5.92 Å². The third-order valence-electron chi connectivity index (χ3n) is 3.38. The van der Waals surface area contributed by atoms with Gasteiger partial charge in [0.15, 0.2) is 0 Å². The number of hydrogen-bond donors (Lipinski definition) is 1. The molecule has 0 amide bonds. The van der Waals surface area contributed by atoms with E-state index in [1.807, 2.05) is 26.0 Å². The third kappa shape index (κ3) is 3.00. The summed E-state index contributed by atoms with van der Waals surface area (Å²) in [6, 6.07) is 0. The molecule has 18 heavy (non-hydrogen) atoms. The van der Waals surface area contributed by atoms with Crippen molar-refractivity contribution in [2.45, 2.75) is 25.7 Å². The van der Waals surface area contributed by atoms with Crippen LogP contribution in [0.4, 0.5) is 17.8 Å². The van der Waals surface area contributed by atoms with Crippen LogP contribution in [-0.4, -0.2) is 42.6 Å². The first kappa shape index (κ1) is 12.9. The molecule has 1 fully saturated rings. The van der Waals surface area contributed by atoms with Gasteiger partial charge in [0.2, 0.25) is 17.8 Å². The van der Waals surface area contributed by atoms with Crippen LogP contribution in [0.2, 0.25) is 0 Å². The molecule has 0 atom stereocenters. The minimum Gasteiger partial charge on any atom is -0.368 e. The lowest BCUT2D eigenvalue weighted by Gasteiger charge is -2.22. The molecule has 1 aromatic rings. The maximum absolute atomic E-state index is 5.73. The number of nitrogens with zero attached hydrogens (tertiary/aromatic N) is 5. The first-order valence-electron chi connectivity index (χ1n) is 6.46. The number of aromatic nitrogens is 3. The first-order chi connectivity index (χ1) is 8.56. The average Bonchev–Trinajstić information content (AvgIpc) is 2.80. The van der Waals surface area contributed by atoms with E-state index in [0.29, 0.717) is 11.9 Å². The van der Waals surface area contributed by atoms with E-state index < -0.39 is 0 Å². The Kier molecular flexibility index (Phi) is 3.84. The van der Waals surface area contributed by atoms with Gasteiger partial charge in [0.1, 0.15) is 0 Å². The lowest BCUT2D eigenvalue weighted by molar-refractivity contribution is 0.542. The SMILES string of the molecule is CN(C)c1nc(N)nc(N(C)CC2CCCC2)n1. The summed E-state index contributed by atoms with van der Waals surface area (Å²) in [5.74, 6) is 2.31. The molecule has 0 aliphatic heterocycles. The van der Waals surface area contributed by atoms with Crippen LogP contribution in [0.15, 0.2) is 0 Å². The zero-order valence-electron chi connectivity index (χ0n) is 11.4. The third-order valence-corrected chi connectivity index (χ3v) is 3.38. The van der Waals surface area contributed by atoms with Gasteiger partial charge >= 0.3 is 0 Å². The molecule has 100 valence electrons. The van der Waals surface area contributed by atoms with Gasteiger partial charge in [-0.15, -0.1) is 0 Å². The van der Waals surface area contributed by atoms with Crippen molar-refractivity contribution in [3.8, 4) is 0 Å². The van der Waals surface area contributed by atoms with E-state index in [1.165, 1.54) is 25.7 Å². The molecular weight excluding hydrogens is 228 g/mol. The van der Waals surface area contributed by atoms with Gasteiger partial charge in [-0.2, -0.15) is 15.0 Å². The second-order valence-corrected chi connectivity index (χ2v) is 5.22. The highest BCUT2D eigenvalue weighted by Crippen LogP contribution is 2.26. The van der Waals surface area contributed by atoms with E-state index in [4.69, 9.17) is 5.73 Å². The van der Waals surface area contributed by atoms with Crippen LogP contribution in [0.25, 0.3) is 0 Å². The fraction of sp³-hybridized carbons (Fsp3) is 0.750. The van der Waals surface area contributed by atoms with Crippen molar-refractivity contribution < 1.29 is 0 Å². The number of hydrogen-bond acceptors (Lipinski definition) is 6. The predicted molar refractivity (Wildman–Crippen MR) is 73.8 cm³/mol. The summed E-state index contributed by atoms with van der Waals surface area (Å²) >= 11 is 0. The summed E-state index contributed by atoms with van der Waals surface area (Å²) in [7, 11) is 5.82. The maximum atomic E-state index is 5.73. The van der Waals surface area contributed by atoms with Crippen LogP contribution in [0.1, 0.15) is 25.7 Å². The Balaban J connectivity index is 2.10. The summed E-state index contributed by atoms with van der Waals surface area (Å²) < 4.78 is 0. The van der Waals surface area contributed by atoms with Crippen molar-refractivity contribution >= 4 is 17.8 Å². The van der Waals surface area contributed by atoms with Gasteiger partial charge in [-0.1, -0.05) is 12.8 Å². The Morgan fingerprint density at radius 1 is 1.06 bits per heavy atom. The van der Waals surface area contributed by atoms with Crippen LogP contribution in [-0.2, 0) is 0 Å². The summed E-state index contributed by atoms with van der Waals surface area (Å²) in [5.41, 5.74) is 5.73. The molecule has 1 aromatic heterocycles. The molecule has 1 saturated carbocycles. The average molecular weight is 250 g/mol. The highest BCUT2D eigenvalue weighted by Gasteiger charge is 2.19. The Hall–Kier alpha value is -1.59. The van der Waals surface area contributed by atoms with Gasteiger partial charge in [0.05, 0.1) is 0 Å².